The van der Waals surface area contributed by atoms with E-state index < -0.39 is 11.8 Å². The van der Waals surface area contributed by atoms with Crippen LogP contribution in [0.5, 0.6) is 0 Å². The van der Waals surface area contributed by atoms with E-state index in [1.54, 1.807) is 17.9 Å². The Bertz CT molecular complexity index is 2520. The van der Waals surface area contributed by atoms with Gasteiger partial charge in [-0.25, -0.2) is 9.78 Å². The van der Waals surface area contributed by atoms with Crippen LogP contribution in [0, 0.1) is 0 Å². The zero-order valence-corrected chi connectivity index (χ0v) is 32.4. The monoisotopic (exact) mass is 793 g/mol. The van der Waals surface area contributed by atoms with E-state index in [-0.39, 0.29) is 11.8 Å². The highest BCUT2D eigenvalue weighted by Gasteiger charge is 2.31. The first-order valence-corrected chi connectivity index (χ1v) is 20.2. The molecule has 8 rings (SSSR count). The van der Waals surface area contributed by atoms with E-state index >= 15 is 0 Å². The van der Waals surface area contributed by atoms with Crippen molar-refractivity contribution in [3.8, 4) is 25.9 Å². The predicted octanol–water partition coefficient (Wildman–Crippen LogP) is 9.68. The fraction of sp³-hybridized carbons (Fsp3) is 0.0465. The van der Waals surface area contributed by atoms with Crippen molar-refractivity contribution in [2.75, 3.05) is 16.4 Å². The third-order valence-electron chi connectivity index (χ3n) is 9.06. The maximum absolute atomic E-state index is 14.3. The third kappa shape index (κ3) is 7.98. The maximum Gasteiger partial charge on any atom is 0.347 e. The molecule has 0 saturated carbocycles. The number of thiol groups is 1. The second-order valence-electron chi connectivity index (χ2n) is 12.6. The van der Waals surface area contributed by atoms with Crippen molar-refractivity contribution in [2.24, 2.45) is 0 Å². The molecular weight excluding hydrogens is 761 g/mol. The fourth-order valence-electron chi connectivity index (χ4n) is 6.36. The van der Waals surface area contributed by atoms with Crippen LogP contribution < -0.4 is 20.9 Å². The van der Waals surface area contributed by atoms with Crippen LogP contribution in [0.4, 0.5) is 16.0 Å². The Kier molecular flexibility index (Phi) is 10.6. The highest BCUT2D eigenvalue weighted by molar-refractivity contribution is 7.80. The first-order valence-electron chi connectivity index (χ1n) is 17.3. The lowest BCUT2D eigenvalue weighted by Gasteiger charge is -2.17. The molecule has 0 saturated heterocycles. The summed E-state index contributed by atoms with van der Waals surface area (Å²) in [6, 6.07) is 42.8. The summed E-state index contributed by atoms with van der Waals surface area (Å²) in [7, 11) is 0. The number of thiazole rings is 3. The topological polar surface area (TPSA) is 114 Å². The molecule has 0 radical (unpaired) electrons. The summed E-state index contributed by atoms with van der Waals surface area (Å²) in [6.07, 6.45) is 5.55. The minimum Gasteiger partial charge on any atom is -0.398 e. The number of carbonyl (C=O) groups is 2. The largest absolute Gasteiger partial charge is 0.398 e. The molecule has 0 aliphatic carbocycles. The number of nitrogens with two attached hydrogens (primary N) is 1. The second-order valence-corrected chi connectivity index (χ2v) is 16.0. The average Bonchev–Trinajstić information content (AvgIpc) is 4.00. The van der Waals surface area contributed by atoms with Gasteiger partial charge in [-0.3, -0.25) is 9.78 Å². The minimum absolute atomic E-state index is 0.162. The van der Waals surface area contributed by atoms with Crippen molar-refractivity contribution in [3.05, 3.63) is 180 Å². The molecule has 3 heterocycles. The predicted molar refractivity (Wildman–Crippen MR) is 226 cm³/mol. The summed E-state index contributed by atoms with van der Waals surface area (Å²) in [5, 5.41) is 7.46. The molecule has 0 bridgehead atoms. The molecule has 12 heteroatoms. The number of nitrogens with one attached hydrogen (secondary N) is 2. The third-order valence-corrected chi connectivity index (χ3v) is 12.4. The first-order chi connectivity index (χ1) is 26.9. The molecule has 2 amide bonds. The van der Waals surface area contributed by atoms with Crippen molar-refractivity contribution in [1.82, 2.24) is 9.97 Å². The van der Waals surface area contributed by atoms with Crippen molar-refractivity contribution in [1.29, 1.82) is 0 Å². The average molecular weight is 794 g/mol. The smallest absolute Gasteiger partial charge is 0.347 e. The lowest BCUT2D eigenvalue weighted by atomic mass is 9.90. The summed E-state index contributed by atoms with van der Waals surface area (Å²) in [5.41, 5.74) is 13.6. The molecule has 3 aromatic heterocycles. The van der Waals surface area contributed by atoms with Crippen molar-refractivity contribution in [3.63, 3.8) is 0 Å². The molecule has 0 aliphatic heterocycles. The van der Waals surface area contributed by atoms with Gasteiger partial charge in [-0.15, -0.1) is 24.0 Å². The van der Waals surface area contributed by atoms with Crippen molar-refractivity contribution < 1.29 is 14.2 Å². The molecule has 0 aliphatic rings. The van der Waals surface area contributed by atoms with Crippen LogP contribution in [0.3, 0.4) is 0 Å². The standard InChI is InChI=1S/C43H32N6O2S4/c44-33-21-18-31(22-34(33)52)37-25-49(43(55-37)48-41(51)38(27-10-4-1-5-11-27)28-12-6-2-7-13-28)32-19-16-30(17-20-32)39(29-14-8-3-9-15-29)40(50)47-42-46-24-36(54-42)35-23-45-26-53-35/h1-26,38-39H,44H2,(H2,46,47,50,52)/p+1. The van der Waals surface area contributed by atoms with E-state index in [0.717, 1.165) is 48.1 Å². The molecule has 8 nitrogen and oxygen atoms in total. The Balaban J connectivity index is 1.14. The zero-order chi connectivity index (χ0) is 37.7. The SMILES string of the molecule is Nc1ccc(-c2c[n+](-c3ccc(C(C(=O)Nc4ncc(-c5cncs5)s4)c4ccccc4)cc3)c(NC(=O)C(c3ccccc3)c3ccccc3)s2)cc1S. The van der Waals surface area contributed by atoms with Gasteiger partial charge in [0, 0.05) is 23.0 Å². The van der Waals surface area contributed by atoms with Crippen LogP contribution in [0.25, 0.3) is 25.9 Å². The number of rotatable bonds is 11. The highest BCUT2D eigenvalue weighted by Crippen LogP contribution is 2.36. The number of anilines is 3. The van der Waals surface area contributed by atoms with E-state index in [1.807, 2.05) is 144 Å². The van der Waals surface area contributed by atoms with E-state index in [4.69, 9.17) is 5.73 Å². The van der Waals surface area contributed by atoms with E-state index in [9.17, 15) is 9.59 Å². The fourth-order valence-corrected chi connectivity index (χ4v) is 9.11. The van der Waals surface area contributed by atoms with Crippen LogP contribution in [-0.2, 0) is 9.59 Å². The number of nitrogens with zero attached hydrogens (tertiary/aromatic N) is 3. The molecule has 1 atom stereocenters. The van der Waals surface area contributed by atoms with Crippen LogP contribution in [0.15, 0.2) is 162 Å². The van der Waals surface area contributed by atoms with Gasteiger partial charge < -0.3 is 11.1 Å². The first kappa shape index (κ1) is 36.1. The van der Waals surface area contributed by atoms with E-state index in [2.05, 4.69) is 33.2 Å². The molecule has 5 aromatic carbocycles. The van der Waals surface area contributed by atoms with Gasteiger partial charge in [0.15, 0.2) is 5.13 Å². The number of nitrogen functional groups attached to an aromatic ring is 1. The van der Waals surface area contributed by atoms with Crippen molar-refractivity contribution >= 4 is 74.4 Å². The summed E-state index contributed by atoms with van der Waals surface area (Å²) in [4.78, 5) is 40.5. The molecule has 8 aromatic rings. The lowest BCUT2D eigenvalue weighted by Crippen LogP contribution is -2.34. The Morgan fingerprint density at radius 1 is 0.655 bits per heavy atom. The van der Waals surface area contributed by atoms with Crippen LogP contribution in [0.1, 0.15) is 34.1 Å². The molecule has 0 spiro atoms. The molecule has 0 fully saturated rings. The Morgan fingerprint density at radius 3 is 1.80 bits per heavy atom. The van der Waals surface area contributed by atoms with Gasteiger partial charge in [-0.2, -0.15) is 9.88 Å². The van der Waals surface area contributed by atoms with Gasteiger partial charge in [0.25, 0.3) is 0 Å². The molecule has 270 valence electrons. The van der Waals surface area contributed by atoms with Gasteiger partial charge in [0.05, 0.1) is 26.1 Å². The number of amides is 2. The van der Waals surface area contributed by atoms with Gasteiger partial charge in [-0.05, 0) is 63.4 Å². The Hall–Kier alpha value is -5.92. The highest BCUT2D eigenvalue weighted by atomic mass is 32.1. The number of hydrogen-bond donors (Lipinski definition) is 4. The Morgan fingerprint density at radius 2 is 1.24 bits per heavy atom. The van der Waals surface area contributed by atoms with Crippen LogP contribution >= 0.6 is 46.6 Å². The molecular formula is C43H33N6O2S4+. The number of benzene rings is 5. The zero-order valence-electron chi connectivity index (χ0n) is 29.1. The maximum atomic E-state index is 14.3. The van der Waals surface area contributed by atoms with Crippen LogP contribution in [-0.4, -0.2) is 21.8 Å². The second kappa shape index (κ2) is 16.2. The summed E-state index contributed by atoms with van der Waals surface area (Å²) in [6.45, 7) is 0. The minimum atomic E-state index is -0.602. The summed E-state index contributed by atoms with van der Waals surface area (Å²) >= 11 is 8.97. The van der Waals surface area contributed by atoms with Crippen molar-refractivity contribution in [2.45, 2.75) is 16.7 Å². The van der Waals surface area contributed by atoms with E-state index in [1.165, 1.54) is 34.0 Å². The van der Waals surface area contributed by atoms with Gasteiger partial charge >= 0.3 is 11.0 Å². The van der Waals surface area contributed by atoms with Gasteiger partial charge in [-0.1, -0.05) is 121 Å². The molecule has 1 unspecified atom stereocenters. The quantitative estimate of drug-likeness (QED) is 0.0592. The van der Waals surface area contributed by atoms with Crippen LogP contribution in [0.2, 0.25) is 0 Å². The number of aromatic nitrogens is 3. The van der Waals surface area contributed by atoms with Gasteiger partial charge in [0.2, 0.25) is 5.91 Å². The summed E-state index contributed by atoms with van der Waals surface area (Å²) < 4.78 is 1.97. The number of carbonyl (C=O) groups excluding carboxylic acids is 2. The summed E-state index contributed by atoms with van der Waals surface area (Å²) in [5.74, 6) is -1.49. The Labute approximate surface area is 335 Å². The molecule has 4 N–H and O–H groups in total. The normalized spacial score (nSPS) is 11.7. The molecule has 55 heavy (non-hydrogen) atoms. The lowest BCUT2D eigenvalue weighted by molar-refractivity contribution is -0.575. The number of hydrogen-bond acceptors (Lipinski definition) is 9. The van der Waals surface area contributed by atoms with E-state index in [0.29, 0.717) is 20.8 Å². The van der Waals surface area contributed by atoms with Gasteiger partial charge in [0.1, 0.15) is 17.8 Å².